The van der Waals surface area contributed by atoms with E-state index in [1.807, 2.05) is 36.0 Å². The van der Waals surface area contributed by atoms with E-state index in [0.29, 0.717) is 31.6 Å². The summed E-state index contributed by atoms with van der Waals surface area (Å²) in [6.07, 6.45) is -1.75. The van der Waals surface area contributed by atoms with Gasteiger partial charge in [-0.3, -0.25) is 9.69 Å². The lowest BCUT2D eigenvalue weighted by atomic mass is 10.1. The molecule has 1 aliphatic rings. The second-order valence-corrected chi connectivity index (χ2v) is 6.20. The van der Waals surface area contributed by atoms with Gasteiger partial charge in [-0.15, -0.1) is 0 Å². The van der Waals surface area contributed by atoms with Crippen LogP contribution in [-0.4, -0.2) is 59.2 Å². The highest BCUT2D eigenvalue weighted by atomic mass is 19.4. The molecular formula is C17H20F3N3O. The van der Waals surface area contributed by atoms with Crippen LogP contribution in [0.3, 0.4) is 0 Å². The van der Waals surface area contributed by atoms with Gasteiger partial charge in [0, 0.05) is 55.9 Å². The van der Waals surface area contributed by atoms with Crippen molar-refractivity contribution in [2.45, 2.75) is 12.6 Å². The number of aromatic nitrogens is 1. The Morgan fingerprint density at radius 3 is 2.67 bits per heavy atom. The minimum atomic E-state index is -4.20. The highest BCUT2D eigenvalue weighted by molar-refractivity contribution is 6.06. The number of nitrogens with zero attached hydrogens (tertiary/aromatic N) is 3. The average molecular weight is 339 g/mol. The summed E-state index contributed by atoms with van der Waals surface area (Å²) in [5, 5.41) is 0.876. The number of carbonyl (C=O) groups is 1. The van der Waals surface area contributed by atoms with Gasteiger partial charge >= 0.3 is 6.18 Å². The van der Waals surface area contributed by atoms with E-state index in [1.54, 1.807) is 11.0 Å². The van der Waals surface area contributed by atoms with Crippen LogP contribution in [-0.2, 0) is 7.05 Å². The van der Waals surface area contributed by atoms with Crippen molar-refractivity contribution in [2.75, 3.05) is 32.7 Å². The van der Waals surface area contributed by atoms with Crippen LogP contribution in [0.4, 0.5) is 13.2 Å². The fraction of sp³-hybridized carbons (Fsp3) is 0.471. The van der Waals surface area contributed by atoms with Crippen molar-refractivity contribution in [3.05, 3.63) is 36.0 Å². The lowest BCUT2D eigenvalue weighted by Gasteiger charge is -2.23. The van der Waals surface area contributed by atoms with Crippen LogP contribution in [0.15, 0.2) is 30.5 Å². The molecule has 24 heavy (non-hydrogen) atoms. The van der Waals surface area contributed by atoms with Crippen LogP contribution in [0.2, 0.25) is 0 Å². The third kappa shape index (κ3) is 3.56. The Morgan fingerprint density at radius 1 is 1.12 bits per heavy atom. The van der Waals surface area contributed by atoms with E-state index in [1.165, 1.54) is 4.90 Å². The fourth-order valence-electron chi connectivity index (χ4n) is 3.24. The van der Waals surface area contributed by atoms with Crippen LogP contribution >= 0.6 is 0 Å². The Morgan fingerprint density at radius 2 is 1.92 bits per heavy atom. The zero-order chi connectivity index (χ0) is 17.3. The molecule has 7 heteroatoms. The molecule has 1 aromatic heterocycles. The molecule has 0 aliphatic carbocycles. The third-order valence-corrected chi connectivity index (χ3v) is 4.44. The maximum Gasteiger partial charge on any atom is 0.401 e. The predicted molar refractivity (Wildman–Crippen MR) is 85.9 cm³/mol. The van der Waals surface area contributed by atoms with Crippen molar-refractivity contribution in [1.82, 2.24) is 14.4 Å². The largest absolute Gasteiger partial charge is 0.401 e. The van der Waals surface area contributed by atoms with E-state index >= 15 is 0 Å². The van der Waals surface area contributed by atoms with Crippen LogP contribution < -0.4 is 0 Å². The molecule has 4 nitrogen and oxygen atoms in total. The third-order valence-electron chi connectivity index (χ3n) is 4.44. The molecule has 0 spiro atoms. The Labute approximate surface area is 138 Å². The number of amides is 1. The molecule has 0 saturated carbocycles. The summed E-state index contributed by atoms with van der Waals surface area (Å²) < 4.78 is 39.6. The molecule has 0 unspecified atom stereocenters. The number of fused-ring (bicyclic) bond motifs is 1. The predicted octanol–water partition coefficient (Wildman–Crippen LogP) is 2.89. The Kier molecular flexibility index (Phi) is 4.54. The normalized spacial score (nSPS) is 17.2. The number of benzene rings is 1. The zero-order valence-electron chi connectivity index (χ0n) is 13.5. The average Bonchev–Trinajstić information content (AvgIpc) is 2.75. The number of rotatable bonds is 2. The number of halogens is 3. The van der Waals surface area contributed by atoms with Gasteiger partial charge in [-0.05, 0) is 24.6 Å². The van der Waals surface area contributed by atoms with Gasteiger partial charge in [-0.2, -0.15) is 13.2 Å². The summed E-state index contributed by atoms with van der Waals surface area (Å²) in [5.74, 6) is -0.111. The van der Waals surface area contributed by atoms with Crippen molar-refractivity contribution in [2.24, 2.45) is 7.05 Å². The minimum absolute atomic E-state index is 0.111. The Bertz CT molecular complexity index is 738. The molecule has 1 aromatic carbocycles. The molecule has 0 atom stereocenters. The van der Waals surface area contributed by atoms with Gasteiger partial charge in [0.05, 0.1) is 6.54 Å². The molecule has 0 radical (unpaired) electrons. The topological polar surface area (TPSA) is 28.5 Å². The molecule has 0 N–H and O–H groups in total. The van der Waals surface area contributed by atoms with Gasteiger partial charge in [0.1, 0.15) is 0 Å². The molecule has 1 fully saturated rings. The molecular weight excluding hydrogens is 319 g/mol. The first kappa shape index (κ1) is 16.8. The molecule has 3 rings (SSSR count). The molecule has 2 heterocycles. The smallest absolute Gasteiger partial charge is 0.351 e. The van der Waals surface area contributed by atoms with Crippen molar-refractivity contribution in [3.63, 3.8) is 0 Å². The van der Waals surface area contributed by atoms with E-state index in [-0.39, 0.29) is 12.5 Å². The van der Waals surface area contributed by atoms with Crippen molar-refractivity contribution >= 4 is 16.8 Å². The first-order chi connectivity index (χ1) is 11.3. The molecule has 0 bridgehead atoms. The van der Waals surface area contributed by atoms with Crippen molar-refractivity contribution in [1.29, 1.82) is 0 Å². The lowest BCUT2D eigenvalue weighted by Crippen LogP contribution is -2.38. The standard InChI is InChI=1S/C17H20F3N3O/c1-21-9-6-13-14(4-2-5-15(13)21)16(24)23-8-3-7-22(10-11-23)12-17(18,19)20/h2,4-6,9H,3,7-8,10-12H2,1H3. The molecule has 1 aliphatic heterocycles. The lowest BCUT2D eigenvalue weighted by molar-refractivity contribution is -0.145. The summed E-state index contributed by atoms with van der Waals surface area (Å²) in [7, 11) is 1.91. The van der Waals surface area contributed by atoms with E-state index in [2.05, 4.69) is 0 Å². The molecule has 2 aromatic rings. The zero-order valence-corrected chi connectivity index (χ0v) is 13.5. The SMILES string of the molecule is Cn1ccc2c(C(=O)N3CCCN(CC(F)(F)F)CC3)cccc21. The summed E-state index contributed by atoms with van der Waals surface area (Å²) in [4.78, 5) is 15.9. The Balaban J connectivity index is 1.75. The maximum atomic E-state index is 12.8. The van der Waals surface area contributed by atoms with Crippen LogP contribution in [0.25, 0.3) is 10.9 Å². The summed E-state index contributed by atoms with van der Waals surface area (Å²) in [5.41, 5.74) is 1.58. The first-order valence-corrected chi connectivity index (χ1v) is 7.97. The van der Waals surface area contributed by atoms with E-state index < -0.39 is 12.7 Å². The minimum Gasteiger partial charge on any atom is -0.351 e. The maximum absolute atomic E-state index is 12.8. The van der Waals surface area contributed by atoms with Crippen LogP contribution in [0.1, 0.15) is 16.8 Å². The van der Waals surface area contributed by atoms with Gasteiger partial charge in [-0.1, -0.05) is 6.07 Å². The second-order valence-electron chi connectivity index (χ2n) is 6.20. The van der Waals surface area contributed by atoms with E-state index in [4.69, 9.17) is 0 Å². The molecule has 1 amide bonds. The number of hydrogen-bond acceptors (Lipinski definition) is 2. The van der Waals surface area contributed by atoms with Crippen molar-refractivity contribution < 1.29 is 18.0 Å². The second kappa shape index (κ2) is 6.47. The summed E-state index contributed by atoms with van der Waals surface area (Å²) in [6, 6.07) is 7.46. The van der Waals surface area contributed by atoms with Crippen molar-refractivity contribution in [3.8, 4) is 0 Å². The van der Waals surface area contributed by atoms with E-state index in [0.717, 1.165) is 10.9 Å². The summed E-state index contributed by atoms with van der Waals surface area (Å²) >= 11 is 0. The van der Waals surface area contributed by atoms with Gasteiger partial charge in [0.25, 0.3) is 5.91 Å². The summed E-state index contributed by atoms with van der Waals surface area (Å²) in [6.45, 7) is 0.493. The van der Waals surface area contributed by atoms with Gasteiger partial charge in [0.2, 0.25) is 0 Å². The van der Waals surface area contributed by atoms with E-state index in [9.17, 15) is 18.0 Å². The van der Waals surface area contributed by atoms with Crippen LogP contribution in [0.5, 0.6) is 0 Å². The van der Waals surface area contributed by atoms with Gasteiger partial charge < -0.3 is 9.47 Å². The highest BCUT2D eigenvalue weighted by Gasteiger charge is 2.32. The molecule has 1 saturated heterocycles. The number of carbonyl (C=O) groups excluding carboxylic acids is 1. The van der Waals surface area contributed by atoms with Gasteiger partial charge in [-0.25, -0.2) is 0 Å². The molecule has 130 valence electrons. The number of alkyl halides is 3. The number of aryl methyl sites for hydroxylation is 1. The number of hydrogen-bond donors (Lipinski definition) is 0. The monoisotopic (exact) mass is 339 g/mol. The Hall–Kier alpha value is -2.02. The quantitative estimate of drug-likeness (QED) is 0.842. The highest BCUT2D eigenvalue weighted by Crippen LogP contribution is 2.22. The van der Waals surface area contributed by atoms with Crippen LogP contribution in [0, 0.1) is 0 Å². The van der Waals surface area contributed by atoms with Gasteiger partial charge in [0.15, 0.2) is 0 Å². The fourth-order valence-corrected chi connectivity index (χ4v) is 3.24. The first-order valence-electron chi connectivity index (χ1n) is 7.97.